The predicted molar refractivity (Wildman–Crippen MR) is 52.1 cm³/mol. The van der Waals surface area contributed by atoms with Gasteiger partial charge in [0.05, 0.1) is 0 Å². The van der Waals surface area contributed by atoms with Gasteiger partial charge >= 0.3 is 0 Å². The first kappa shape index (κ1) is 9.09. The van der Waals surface area contributed by atoms with Crippen molar-refractivity contribution in [3.05, 3.63) is 10.8 Å². The molecule has 1 saturated heterocycles. The Balaban J connectivity index is 2.22. The summed E-state index contributed by atoms with van der Waals surface area (Å²) in [6.07, 6.45) is 2.09. The summed E-state index contributed by atoms with van der Waals surface area (Å²) in [6, 6.07) is 0. The monoisotopic (exact) mass is 198 g/mol. The number of aryl methyl sites for hydroxylation is 1. The number of hydrogen-bond donors (Lipinski definition) is 0. The van der Waals surface area contributed by atoms with Crippen LogP contribution < -0.4 is 0 Å². The highest BCUT2D eigenvalue weighted by atomic mass is 32.1. The highest BCUT2D eigenvalue weighted by Crippen LogP contribution is 2.32. The van der Waals surface area contributed by atoms with Crippen LogP contribution in [0.5, 0.6) is 0 Å². The minimum absolute atomic E-state index is 0.156. The van der Waals surface area contributed by atoms with Gasteiger partial charge in [-0.25, -0.2) is 4.98 Å². The molecule has 1 fully saturated rings. The van der Waals surface area contributed by atoms with E-state index in [0.29, 0.717) is 0 Å². The van der Waals surface area contributed by atoms with Crippen molar-refractivity contribution in [2.45, 2.75) is 32.1 Å². The summed E-state index contributed by atoms with van der Waals surface area (Å²) in [7, 11) is 0. The number of hydrogen-bond acceptors (Lipinski definition) is 4. The van der Waals surface area contributed by atoms with E-state index in [1.165, 1.54) is 11.5 Å². The Morgan fingerprint density at radius 2 is 2.08 bits per heavy atom. The van der Waals surface area contributed by atoms with E-state index >= 15 is 0 Å². The smallest absolute Gasteiger partial charge is 0.148 e. The van der Waals surface area contributed by atoms with E-state index in [0.717, 1.165) is 36.9 Å². The topological polar surface area (TPSA) is 35.0 Å². The quantitative estimate of drug-likeness (QED) is 0.691. The highest BCUT2D eigenvalue weighted by Gasteiger charge is 2.32. The molecule has 1 aromatic heterocycles. The largest absolute Gasteiger partial charge is 0.381 e. The number of aromatic nitrogens is 2. The molecule has 1 aromatic rings. The summed E-state index contributed by atoms with van der Waals surface area (Å²) < 4.78 is 9.73. The molecule has 0 unspecified atom stereocenters. The van der Waals surface area contributed by atoms with Gasteiger partial charge in [-0.2, -0.15) is 4.37 Å². The average molecular weight is 198 g/mol. The Labute approximate surface area is 82.3 Å². The molecule has 1 aliphatic rings. The summed E-state index contributed by atoms with van der Waals surface area (Å²) in [5.74, 6) is 1.01. The van der Waals surface area contributed by atoms with Gasteiger partial charge in [0.1, 0.15) is 10.8 Å². The van der Waals surface area contributed by atoms with Gasteiger partial charge in [0.25, 0.3) is 0 Å². The van der Waals surface area contributed by atoms with Crippen LogP contribution in [0, 0.1) is 6.92 Å². The van der Waals surface area contributed by atoms with Gasteiger partial charge in [0.15, 0.2) is 0 Å². The summed E-state index contributed by atoms with van der Waals surface area (Å²) in [5.41, 5.74) is 0.156. The van der Waals surface area contributed by atoms with E-state index in [2.05, 4.69) is 16.3 Å². The third-order valence-corrected chi connectivity index (χ3v) is 3.28. The Bertz CT molecular complexity index is 292. The predicted octanol–water partition coefficient (Wildman–Crippen LogP) is 1.91. The molecule has 4 heteroatoms. The third kappa shape index (κ3) is 1.74. The lowest BCUT2D eigenvalue weighted by Gasteiger charge is -2.30. The Hall–Kier alpha value is -0.480. The van der Waals surface area contributed by atoms with E-state index < -0.39 is 0 Å². The zero-order chi connectivity index (χ0) is 9.31. The molecule has 0 spiro atoms. The molecule has 0 bridgehead atoms. The lowest BCUT2D eigenvalue weighted by atomic mass is 9.82. The second kappa shape index (κ2) is 3.35. The minimum atomic E-state index is 0.156. The normalized spacial score (nSPS) is 21.7. The van der Waals surface area contributed by atoms with Crippen LogP contribution in [0.3, 0.4) is 0 Å². The van der Waals surface area contributed by atoms with Gasteiger partial charge in [-0.1, -0.05) is 6.92 Å². The van der Waals surface area contributed by atoms with Crippen LogP contribution >= 0.6 is 11.5 Å². The van der Waals surface area contributed by atoms with Crippen molar-refractivity contribution in [3.8, 4) is 0 Å². The Kier molecular flexibility index (Phi) is 2.34. The Morgan fingerprint density at radius 3 is 2.62 bits per heavy atom. The van der Waals surface area contributed by atoms with E-state index in [1.54, 1.807) is 0 Å². The number of nitrogens with zero attached hydrogens (tertiary/aromatic N) is 2. The van der Waals surface area contributed by atoms with Gasteiger partial charge in [-0.15, -0.1) is 0 Å². The molecule has 0 aliphatic carbocycles. The fourth-order valence-corrected chi connectivity index (χ4v) is 2.20. The van der Waals surface area contributed by atoms with Crippen molar-refractivity contribution < 1.29 is 4.74 Å². The maximum atomic E-state index is 5.34. The average Bonchev–Trinajstić information content (AvgIpc) is 2.54. The van der Waals surface area contributed by atoms with Gasteiger partial charge in [-0.3, -0.25) is 0 Å². The molecule has 0 saturated carbocycles. The van der Waals surface area contributed by atoms with Gasteiger partial charge in [0, 0.05) is 18.6 Å². The van der Waals surface area contributed by atoms with Crippen molar-refractivity contribution >= 4 is 11.5 Å². The standard InChI is InChI=1S/C9H14N2OS/c1-7-10-8(11-13-7)9(2)3-5-12-6-4-9/h3-6H2,1-2H3. The minimum Gasteiger partial charge on any atom is -0.381 e. The molecule has 2 rings (SSSR count). The molecule has 3 nitrogen and oxygen atoms in total. The maximum Gasteiger partial charge on any atom is 0.148 e. The molecule has 1 aliphatic heterocycles. The number of ether oxygens (including phenoxy) is 1. The van der Waals surface area contributed by atoms with Crippen molar-refractivity contribution in [1.29, 1.82) is 0 Å². The Morgan fingerprint density at radius 1 is 1.38 bits per heavy atom. The van der Waals surface area contributed by atoms with Crippen LogP contribution in [0.25, 0.3) is 0 Å². The van der Waals surface area contributed by atoms with Gasteiger partial charge < -0.3 is 4.74 Å². The first-order chi connectivity index (χ1) is 6.21. The van der Waals surface area contributed by atoms with E-state index in [1.807, 2.05) is 6.92 Å². The van der Waals surface area contributed by atoms with Crippen molar-refractivity contribution in [2.75, 3.05) is 13.2 Å². The van der Waals surface area contributed by atoms with Crippen LogP contribution in [-0.2, 0) is 10.2 Å². The summed E-state index contributed by atoms with van der Waals surface area (Å²) >= 11 is 1.49. The van der Waals surface area contributed by atoms with Crippen LogP contribution in [0.1, 0.15) is 30.6 Å². The van der Waals surface area contributed by atoms with E-state index in [-0.39, 0.29) is 5.41 Å². The fraction of sp³-hybridized carbons (Fsp3) is 0.778. The highest BCUT2D eigenvalue weighted by molar-refractivity contribution is 7.05. The molecule has 72 valence electrons. The summed E-state index contributed by atoms with van der Waals surface area (Å²) in [4.78, 5) is 4.46. The lowest BCUT2D eigenvalue weighted by Crippen LogP contribution is -2.31. The maximum absolute atomic E-state index is 5.34. The van der Waals surface area contributed by atoms with Crippen LogP contribution in [0.2, 0.25) is 0 Å². The second-order valence-corrected chi connectivity index (χ2v) is 4.77. The third-order valence-electron chi connectivity index (χ3n) is 2.66. The lowest BCUT2D eigenvalue weighted by molar-refractivity contribution is 0.0539. The van der Waals surface area contributed by atoms with Crippen molar-refractivity contribution in [1.82, 2.24) is 9.36 Å². The van der Waals surface area contributed by atoms with Crippen molar-refractivity contribution in [2.24, 2.45) is 0 Å². The fourth-order valence-electron chi connectivity index (χ4n) is 1.59. The van der Waals surface area contributed by atoms with Gasteiger partial charge in [-0.05, 0) is 31.3 Å². The molecule has 2 heterocycles. The molecule has 13 heavy (non-hydrogen) atoms. The zero-order valence-electron chi connectivity index (χ0n) is 8.04. The molecule has 0 aromatic carbocycles. The van der Waals surface area contributed by atoms with Crippen LogP contribution in [0.15, 0.2) is 0 Å². The van der Waals surface area contributed by atoms with Crippen molar-refractivity contribution in [3.63, 3.8) is 0 Å². The SMILES string of the molecule is Cc1nc(C2(C)CCOCC2)ns1. The first-order valence-corrected chi connectivity index (χ1v) is 5.37. The first-order valence-electron chi connectivity index (χ1n) is 4.59. The summed E-state index contributed by atoms with van der Waals surface area (Å²) in [6.45, 7) is 5.92. The zero-order valence-corrected chi connectivity index (χ0v) is 8.86. The molecule has 0 N–H and O–H groups in total. The molecule has 0 atom stereocenters. The van der Waals surface area contributed by atoms with E-state index in [9.17, 15) is 0 Å². The number of rotatable bonds is 1. The molecular weight excluding hydrogens is 184 g/mol. The second-order valence-electron chi connectivity index (χ2n) is 3.81. The molecule has 0 radical (unpaired) electrons. The summed E-state index contributed by atoms with van der Waals surface area (Å²) in [5, 5.41) is 1.06. The molecule has 0 amide bonds. The van der Waals surface area contributed by atoms with Gasteiger partial charge in [0.2, 0.25) is 0 Å². The van der Waals surface area contributed by atoms with Crippen LogP contribution in [-0.4, -0.2) is 22.6 Å². The molecular formula is C9H14N2OS. The van der Waals surface area contributed by atoms with E-state index in [4.69, 9.17) is 4.74 Å². The van der Waals surface area contributed by atoms with Crippen LogP contribution in [0.4, 0.5) is 0 Å².